The molecule has 0 bridgehead atoms. The molecule has 0 aliphatic carbocycles. The molecule has 2 aromatic heterocycles. The highest BCUT2D eigenvalue weighted by Gasteiger charge is 2.31. The number of likely N-dealkylation sites (tertiary alicyclic amines) is 1. The molecule has 0 saturated carbocycles. The molecule has 118 valence electrons. The van der Waals surface area contributed by atoms with Gasteiger partial charge in [0.1, 0.15) is 10.7 Å². The molecule has 0 N–H and O–H groups in total. The minimum atomic E-state index is 0.0185. The summed E-state index contributed by atoms with van der Waals surface area (Å²) < 4.78 is 6.98. The van der Waals surface area contributed by atoms with Crippen molar-refractivity contribution in [2.75, 3.05) is 13.7 Å². The van der Waals surface area contributed by atoms with Gasteiger partial charge in [-0.15, -0.1) is 11.3 Å². The summed E-state index contributed by atoms with van der Waals surface area (Å²) in [5, 5.41) is 6.98. The summed E-state index contributed by atoms with van der Waals surface area (Å²) in [6, 6.07) is 0.194. The minimum absolute atomic E-state index is 0.0185. The van der Waals surface area contributed by atoms with Crippen LogP contribution in [0.1, 0.15) is 33.9 Å². The van der Waals surface area contributed by atoms with Crippen LogP contribution in [0.15, 0.2) is 17.8 Å². The SMILES string of the molecule is COCc1nc(C(=O)N2CCC[C@H]2Cn2cc(C)cn2)cs1. The van der Waals surface area contributed by atoms with Gasteiger partial charge < -0.3 is 9.64 Å². The van der Waals surface area contributed by atoms with Crippen LogP contribution >= 0.6 is 11.3 Å². The van der Waals surface area contributed by atoms with Crippen molar-refractivity contribution >= 4 is 17.2 Å². The number of nitrogens with zero attached hydrogens (tertiary/aromatic N) is 4. The van der Waals surface area contributed by atoms with Gasteiger partial charge in [0.2, 0.25) is 0 Å². The first kappa shape index (κ1) is 15.2. The quantitative estimate of drug-likeness (QED) is 0.846. The maximum atomic E-state index is 12.7. The molecule has 1 fully saturated rings. The Kier molecular flexibility index (Phi) is 4.54. The van der Waals surface area contributed by atoms with Gasteiger partial charge in [0.15, 0.2) is 0 Å². The van der Waals surface area contributed by atoms with Gasteiger partial charge in [0.25, 0.3) is 5.91 Å². The Labute approximate surface area is 133 Å². The van der Waals surface area contributed by atoms with Crippen LogP contribution in [0.4, 0.5) is 0 Å². The molecule has 0 radical (unpaired) electrons. The number of rotatable bonds is 5. The normalized spacial score (nSPS) is 18.1. The summed E-state index contributed by atoms with van der Waals surface area (Å²) in [4.78, 5) is 19.0. The summed E-state index contributed by atoms with van der Waals surface area (Å²) in [6.45, 7) is 4.01. The molecular formula is C15H20N4O2S. The fraction of sp³-hybridized carbons (Fsp3) is 0.533. The predicted octanol–water partition coefficient (Wildman–Crippen LogP) is 2.10. The van der Waals surface area contributed by atoms with Crippen LogP contribution in [0, 0.1) is 6.92 Å². The van der Waals surface area contributed by atoms with Crippen molar-refractivity contribution in [1.29, 1.82) is 0 Å². The summed E-state index contributed by atoms with van der Waals surface area (Å²) >= 11 is 1.47. The first-order chi connectivity index (χ1) is 10.7. The van der Waals surface area contributed by atoms with Crippen LogP contribution in [0.25, 0.3) is 0 Å². The zero-order valence-corrected chi connectivity index (χ0v) is 13.7. The lowest BCUT2D eigenvalue weighted by molar-refractivity contribution is 0.0716. The average Bonchev–Trinajstić information content (AvgIpc) is 3.21. The Morgan fingerprint density at radius 1 is 1.55 bits per heavy atom. The highest BCUT2D eigenvalue weighted by atomic mass is 32.1. The minimum Gasteiger partial charge on any atom is -0.378 e. The van der Waals surface area contributed by atoms with Crippen LogP contribution in [0.5, 0.6) is 0 Å². The molecule has 0 unspecified atom stereocenters. The lowest BCUT2D eigenvalue weighted by Crippen LogP contribution is -2.38. The molecule has 7 heteroatoms. The third-order valence-electron chi connectivity index (χ3n) is 3.84. The highest BCUT2D eigenvalue weighted by Crippen LogP contribution is 2.22. The Bertz CT molecular complexity index is 652. The van der Waals surface area contributed by atoms with Gasteiger partial charge in [-0.1, -0.05) is 0 Å². The second kappa shape index (κ2) is 6.58. The smallest absolute Gasteiger partial charge is 0.273 e. The van der Waals surface area contributed by atoms with Crippen molar-refractivity contribution in [3.05, 3.63) is 34.0 Å². The number of amides is 1. The van der Waals surface area contributed by atoms with Gasteiger partial charge in [-0.05, 0) is 25.3 Å². The van der Waals surface area contributed by atoms with E-state index < -0.39 is 0 Å². The van der Waals surface area contributed by atoms with Crippen molar-refractivity contribution in [2.24, 2.45) is 0 Å². The second-order valence-electron chi connectivity index (χ2n) is 5.59. The van der Waals surface area contributed by atoms with Gasteiger partial charge in [0.05, 0.1) is 25.4 Å². The van der Waals surface area contributed by atoms with E-state index in [1.807, 2.05) is 34.3 Å². The molecule has 1 saturated heterocycles. The van der Waals surface area contributed by atoms with E-state index in [4.69, 9.17) is 4.74 Å². The molecule has 6 nitrogen and oxygen atoms in total. The number of aromatic nitrogens is 3. The van der Waals surface area contributed by atoms with Crippen molar-refractivity contribution in [3.63, 3.8) is 0 Å². The van der Waals surface area contributed by atoms with E-state index in [1.165, 1.54) is 11.3 Å². The summed E-state index contributed by atoms with van der Waals surface area (Å²) in [6.07, 6.45) is 5.91. The standard InChI is InChI=1S/C15H20N4O2S/c1-11-6-16-18(7-11)8-12-4-3-5-19(12)15(20)13-10-22-14(17-13)9-21-2/h6-7,10,12H,3-5,8-9H2,1-2H3/t12-/m0/s1. The molecular weight excluding hydrogens is 300 g/mol. The van der Waals surface area contributed by atoms with Crippen LogP contribution < -0.4 is 0 Å². The first-order valence-corrected chi connectivity index (χ1v) is 8.28. The van der Waals surface area contributed by atoms with Crippen molar-refractivity contribution in [2.45, 2.75) is 39.0 Å². The number of hydrogen-bond donors (Lipinski definition) is 0. The van der Waals surface area contributed by atoms with E-state index in [0.717, 1.165) is 36.5 Å². The number of aryl methyl sites for hydroxylation is 1. The van der Waals surface area contributed by atoms with Crippen LogP contribution in [0.3, 0.4) is 0 Å². The van der Waals surface area contributed by atoms with E-state index in [9.17, 15) is 4.79 Å². The van der Waals surface area contributed by atoms with E-state index in [1.54, 1.807) is 7.11 Å². The van der Waals surface area contributed by atoms with Crippen molar-refractivity contribution in [1.82, 2.24) is 19.7 Å². The zero-order valence-electron chi connectivity index (χ0n) is 12.9. The van der Waals surface area contributed by atoms with Crippen molar-refractivity contribution in [3.8, 4) is 0 Å². The zero-order chi connectivity index (χ0) is 15.5. The Morgan fingerprint density at radius 3 is 3.14 bits per heavy atom. The van der Waals surface area contributed by atoms with E-state index >= 15 is 0 Å². The molecule has 2 aromatic rings. The third kappa shape index (κ3) is 3.20. The lowest BCUT2D eigenvalue weighted by Gasteiger charge is -2.23. The predicted molar refractivity (Wildman–Crippen MR) is 83.8 cm³/mol. The van der Waals surface area contributed by atoms with E-state index in [0.29, 0.717) is 12.3 Å². The molecule has 3 rings (SSSR count). The fourth-order valence-corrected chi connectivity index (χ4v) is 3.56. The maximum absolute atomic E-state index is 12.7. The van der Waals surface area contributed by atoms with Gasteiger partial charge in [0, 0.05) is 25.2 Å². The number of carbonyl (C=O) groups is 1. The molecule has 22 heavy (non-hydrogen) atoms. The lowest BCUT2D eigenvalue weighted by atomic mass is 10.2. The Hall–Kier alpha value is -1.73. The topological polar surface area (TPSA) is 60.2 Å². The number of methoxy groups -OCH3 is 1. The third-order valence-corrected chi connectivity index (χ3v) is 4.66. The van der Waals surface area contributed by atoms with Crippen LogP contribution in [0.2, 0.25) is 0 Å². The largest absolute Gasteiger partial charge is 0.378 e. The van der Waals surface area contributed by atoms with Gasteiger partial charge in [-0.3, -0.25) is 9.48 Å². The van der Waals surface area contributed by atoms with Crippen LogP contribution in [-0.4, -0.2) is 45.3 Å². The molecule has 1 atom stereocenters. The second-order valence-corrected chi connectivity index (χ2v) is 6.54. The van der Waals surface area contributed by atoms with E-state index in [-0.39, 0.29) is 11.9 Å². The number of thiazole rings is 1. The molecule has 0 aromatic carbocycles. The first-order valence-electron chi connectivity index (χ1n) is 7.40. The van der Waals surface area contributed by atoms with Crippen molar-refractivity contribution < 1.29 is 9.53 Å². The number of carbonyl (C=O) groups excluding carboxylic acids is 1. The molecule has 3 heterocycles. The Morgan fingerprint density at radius 2 is 2.41 bits per heavy atom. The average molecular weight is 320 g/mol. The fourth-order valence-electron chi connectivity index (χ4n) is 2.82. The van der Waals surface area contributed by atoms with E-state index in [2.05, 4.69) is 10.1 Å². The molecule has 1 amide bonds. The highest BCUT2D eigenvalue weighted by molar-refractivity contribution is 7.09. The van der Waals surface area contributed by atoms with Gasteiger partial charge in [-0.25, -0.2) is 4.98 Å². The maximum Gasteiger partial charge on any atom is 0.273 e. The summed E-state index contributed by atoms with van der Waals surface area (Å²) in [5.41, 5.74) is 1.67. The van der Waals surface area contributed by atoms with Gasteiger partial charge >= 0.3 is 0 Å². The molecule has 0 spiro atoms. The number of ether oxygens (including phenoxy) is 1. The van der Waals surface area contributed by atoms with Crippen LogP contribution in [-0.2, 0) is 17.9 Å². The molecule has 1 aliphatic heterocycles. The van der Waals surface area contributed by atoms with Gasteiger partial charge in [-0.2, -0.15) is 5.10 Å². The summed E-state index contributed by atoms with van der Waals surface area (Å²) in [5.74, 6) is 0.0185. The molecule has 1 aliphatic rings. The Balaban J connectivity index is 1.70. The summed E-state index contributed by atoms with van der Waals surface area (Å²) in [7, 11) is 1.63. The number of hydrogen-bond acceptors (Lipinski definition) is 5. The monoisotopic (exact) mass is 320 g/mol.